The van der Waals surface area contributed by atoms with Crippen molar-refractivity contribution in [3.63, 3.8) is 0 Å². The van der Waals surface area contributed by atoms with E-state index in [1.807, 2.05) is 62.4 Å². The van der Waals surface area contributed by atoms with Crippen LogP contribution in [-0.4, -0.2) is 11.8 Å². The zero-order chi connectivity index (χ0) is 17.4. The molecule has 0 aromatic heterocycles. The van der Waals surface area contributed by atoms with Crippen LogP contribution in [0.4, 0.5) is 0 Å². The van der Waals surface area contributed by atoms with E-state index in [0.29, 0.717) is 0 Å². The Morgan fingerprint density at radius 2 is 0.958 bits per heavy atom. The SMILES string of the molecule is Cc1ccc(C2C(C(N)=O)C(c3ccc(C)cc3)C2C(N)=O)cc1. The molecule has 2 aromatic rings. The molecule has 124 valence electrons. The van der Waals surface area contributed by atoms with E-state index in [-0.39, 0.29) is 23.7 Å². The number of aryl methyl sites for hydroxylation is 2. The molecule has 4 N–H and O–H groups in total. The summed E-state index contributed by atoms with van der Waals surface area (Å²) in [5.41, 5.74) is 15.5. The average molecular weight is 322 g/mol. The number of hydrogen-bond acceptors (Lipinski definition) is 2. The summed E-state index contributed by atoms with van der Waals surface area (Å²) in [6, 6.07) is 15.7. The van der Waals surface area contributed by atoms with Crippen LogP contribution in [0.25, 0.3) is 0 Å². The standard InChI is InChI=1S/C20H22N2O2/c1-11-3-7-13(8-4-11)15-17(19(21)23)16(18(15)20(22)24)14-9-5-12(2)6-10-14/h3-10,15-18H,1-2H3,(H2,21,23)(H2,22,24). The Bertz CT molecular complexity index is 690. The first-order valence-corrected chi connectivity index (χ1v) is 8.12. The number of primary amides is 2. The fourth-order valence-electron chi connectivity index (χ4n) is 3.86. The van der Waals surface area contributed by atoms with Crippen molar-refractivity contribution < 1.29 is 9.59 Å². The molecule has 0 saturated heterocycles. The second-order valence-corrected chi connectivity index (χ2v) is 6.73. The van der Waals surface area contributed by atoms with Gasteiger partial charge in [0.1, 0.15) is 0 Å². The van der Waals surface area contributed by atoms with Crippen molar-refractivity contribution in [2.45, 2.75) is 25.7 Å². The molecule has 0 atom stereocenters. The van der Waals surface area contributed by atoms with Gasteiger partial charge in [0.05, 0.1) is 11.8 Å². The molecule has 4 heteroatoms. The molecule has 0 unspecified atom stereocenters. The highest BCUT2D eigenvalue weighted by Crippen LogP contribution is 2.57. The molecule has 3 rings (SSSR count). The highest BCUT2D eigenvalue weighted by atomic mass is 16.2. The predicted molar refractivity (Wildman–Crippen MR) is 93.2 cm³/mol. The van der Waals surface area contributed by atoms with Crippen molar-refractivity contribution >= 4 is 11.8 Å². The molecule has 1 aliphatic carbocycles. The Morgan fingerprint density at radius 1 is 0.667 bits per heavy atom. The summed E-state index contributed by atoms with van der Waals surface area (Å²) < 4.78 is 0. The number of carbonyl (C=O) groups is 2. The van der Waals surface area contributed by atoms with E-state index in [9.17, 15) is 9.59 Å². The smallest absolute Gasteiger partial charge is 0.221 e. The fraction of sp³-hybridized carbons (Fsp3) is 0.300. The lowest BCUT2D eigenvalue weighted by Crippen LogP contribution is -2.54. The quantitative estimate of drug-likeness (QED) is 0.905. The normalized spacial score (nSPS) is 25.8. The van der Waals surface area contributed by atoms with Crippen LogP contribution in [0.3, 0.4) is 0 Å². The molecule has 1 fully saturated rings. The van der Waals surface area contributed by atoms with Gasteiger partial charge >= 0.3 is 0 Å². The van der Waals surface area contributed by atoms with E-state index in [4.69, 9.17) is 11.5 Å². The van der Waals surface area contributed by atoms with Gasteiger partial charge in [-0.05, 0) is 25.0 Å². The minimum Gasteiger partial charge on any atom is -0.369 e. The van der Waals surface area contributed by atoms with Crippen LogP contribution in [0, 0.1) is 25.7 Å². The Balaban J connectivity index is 2.03. The number of rotatable bonds is 4. The molecule has 0 bridgehead atoms. The largest absolute Gasteiger partial charge is 0.369 e. The number of nitrogens with two attached hydrogens (primary N) is 2. The van der Waals surface area contributed by atoms with Crippen LogP contribution in [0.5, 0.6) is 0 Å². The average Bonchev–Trinajstić information content (AvgIpc) is 2.49. The summed E-state index contributed by atoms with van der Waals surface area (Å²) in [7, 11) is 0. The first-order chi connectivity index (χ1) is 11.4. The van der Waals surface area contributed by atoms with Crippen LogP contribution in [-0.2, 0) is 9.59 Å². The summed E-state index contributed by atoms with van der Waals surface area (Å²) in [6.07, 6.45) is 0. The summed E-state index contributed by atoms with van der Waals surface area (Å²) >= 11 is 0. The van der Waals surface area contributed by atoms with Gasteiger partial charge in [0.15, 0.2) is 0 Å². The van der Waals surface area contributed by atoms with Gasteiger partial charge in [-0.25, -0.2) is 0 Å². The Labute approximate surface area is 141 Å². The van der Waals surface area contributed by atoms with Crippen molar-refractivity contribution in [1.29, 1.82) is 0 Å². The lowest BCUT2D eigenvalue weighted by atomic mass is 9.52. The van der Waals surface area contributed by atoms with Crippen LogP contribution in [0.15, 0.2) is 48.5 Å². The Morgan fingerprint density at radius 3 is 1.21 bits per heavy atom. The molecule has 1 saturated carbocycles. The minimum atomic E-state index is -0.423. The lowest BCUT2D eigenvalue weighted by molar-refractivity contribution is -0.136. The molecule has 24 heavy (non-hydrogen) atoms. The van der Waals surface area contributed by atoms with Gasteiger partial charge < -0.3 is 11.5 Å². The summed E-state index contributed by atoms with van der Waals surface area (Å²) in [5, 5.41) is 0. The van der Waals surface area contributed by atoms with E-state index < -0.39 is 11.8 Å². The number of hydrogen-bond donors (Lipinski definition) is 2. The highest BCUT2D eigenvalue weighted by molar-refractivity contribution is 5.88. The van der Waals surface area contributed by atoms with Gasteiger partial charge in [-0.15, -0.1) is 0 Å². The van der Waals surface area contributed by atoms with Gasteiger partial charge in [-0.1, -0.05) is 59.7 Å². The number of carbonyl (C=O) groups excluding carboxylic acids is 2. The van der Waals surface area contributed by atoms with Crippen LogP contribution in [0.1, 0.15) is 34.1 Å². The molecule has 4 nitrogen and oxygen atoms in total. The van der Waals surface area contributed by atoms with Crippen molar-refractivity contribution in [2.24, 2.45) is 23.3 Å². The lowest BCUT2D eigenvalue weighted by Gasteiger charge is -2.49. The Hall–Kier alpha value is -2.62. The third-order valence-electron chi connectivity index (χ3n) is 5.13. The van der Waals surface area contributed by atoms with E-state index in [0.717, 1.165) is 22.3 Å². The predicted octanol–water partition coefficient (Wildman–Crippen LogP) is 2.39. The second-order valence-electron chi connectivity index (χ2n) is 6.73. The monoisotopic (exact) mass is 322 g/mol. The molecule has 1 aliphatic rings. The van der Waals surface area contributed by atoms with Crippen molar-refractivity contribution in [1.82, 2.24) is 0 Å². The van der Waals surface area contributed by atoms with E-state index in [1.54, 1.807) is 0 Å². The molecule has 0 heterocycles. The molecule has 0 aliphatic heterocycles. The fourth-order valence-corrected chi connectivity index (χ4v) is 3.86. The maximum absolute atomic E-state index is 12.1. The van der Waals surface area contributed by atoms with E-state index in [1.165, 1.54) is 0 Å². The first kappa shape index (κ1) is 16.2. The number of amides is 2. The molecular weight excluding hydrogens is 300 g/mol. The van der Waals surface area contributed by atoms with Gasteiger partial charge in [0, 0.05) is 11.8 Å². The van der Waals surface area contributed by atoms with E-state index in [2.05, 4.69) is 0 Å². The van der Waals surface area contributed by atoms with Gasteiger partial charge in [0.2, 0.25) is 11.8 Å². The highest BCUT2D eigenvalue weighted by Gasteiger charge is 2.56. The third kappa shape index (κ3) is 2.68. The summed E-state index contributed by atoms with van der Waals surface area (Å²) in [6.45, 7) is 3.99. The van der Waals surface area contributed by atoms with Crippen LogP contribution in [0.2, 0.25) is 0 Å². The zero-order valence-corrected chi connectivity index (χ0v) is 13.9. The Kier molecular flexibility index (Phi) is 4.14. The van der Waals surface area contributed by atoms with Crippen molar-refractivity contribution in [3.05, 3.63) is 70.8 Å². The van der Waals surface area contributed by atoms with Crippen LogP contribution >= 0.6 is 0 Å². The van der Waals surface area contributed by atoms with Crippen LogP contribution < -0.4 is 11.5 Å². The number of benzene rings is 2. The topological polar surface area (TPSA) is 86.2 Å². The molecule has 0 spiro atoms. The van der Waals surface area contributed by atoms with Crippen molar-refractivity contribution in [3.8, 4) is 0 Å². The van der Waals surface area contributed by atoms with E-state index >= 15 is 0 Å². The maximum Gasteiger partial charge on any atom is 0.221 e. The second kappa shape index (κ2) is 6.11. The maximum atomic E-state index is 12.1. The third-order valence-corrected chi connectivity index (χ3v) is 5.13. The molecule has 2 amide bonds. The van der Waals surface area contributed by atoms with Gasteiger partial charge in [-0.3, -0.25) is 9.59 Å². The van der Waals surface area contributed by atoms with Gasteiger partial charge in [-0.2, -0.15) is 0 Å². The zero-order valence-electron chi connectivity index (χ0n) is 13.9. The first-order valence-electron chi connectivity index (χ1n) is 8.12. The molecular formula is C20H22N2O2. The molecule has 2 aromatic carbocycles. The van der Waals surface area contributed by atoms with Crippen molar-refractivity contribution in [2.75, 3.05) is 0 Å². The summed E-state index contributed by atoms with van der Waals surface area (Å²) in [4.78, 5) is 24.2. The minimum absolute atomic E-state index is 0.257. The molecule has 0 radical (unpaired) electrons. The summed E-state index contributed by atoms with van der Waals surface area (Å²) in [5.74, 6) is -2.13. The van der Waals surface area contributed by atoms with Gasteiger partial charge in [0.25, 0.3) is 0 Å².